The minimum Gasteiger partial charge on any atom is -0.205 e. The van der Waals surface area contributed by atoms with Crippen LogP contribution >= 0.6 is 12.6 Å². The van der Waals surface area contributed by atoms with Crippen LogP contribution in [-0.2, 0) is 20.0 Å². The van der Waals surface area contributed by atoms with Crippen molar-refractivity contribution in [3.63, 3.8) is 0 Å². The molecule has 1 N–H and O–H groups in total. The fourth-order valence-electron chi connectivity index (χ4n) is 0.982. The molecule has 0 aliphatic heterocycles. The fourth-order valence-corrected chi connectivity index (χ4v) is 3.76. The minimum atomic E-state index is -7.49. The zero-order valence-corrected chi connectivity index (χ0v) is 15.1. The molecule has 0 aromatic heterocycles. The van der Waals surface area contributed by atoms with Gasteiger partial charge in [-0.2, -0.15) is 43.9 Å². The van der Waals surface area contributed by atoms with E-state index in [0.717, 1.165) is 4.90 Å². The van der Waals surface area contributed by atoms with E-state index in [2.05, 4.69) is 12.6 Å². The molecule has 0 fully saturated rings. The summed E-state index contributed by atoms with van der Waals surface area (Å²) in [6, 6.07) is 9.79. The molecular formula is C10H7F10NO4S3. The molecule has 1 aromatic carbocycles. The zero-order valence-electron chi connectivity index (χ0n) is 12.6. The highest BCUT2D eigenvalue weighted by molar-refractivity contribution is 8.05. The number of halogens is 10. The molecule has 0 amide bonds. The molecule has 0 atom stereocenters. The Kier molecular flexibility index (Phi) is 7.86. The first kappa shape index (κ1) is 26.7. The normalized spacial score (nSPS) is 14.2. The van der Waals surface area contributed by atoms with Crippen LogP contribution in [0.1, 0.15) is 0 Å². The van der Waals surface area contributed by atoms with Crippen molar-refractivity contribution < 1.29 is 60.7 Å². The van der Waals surface area contributed by atoms with E-state index in [1.165, 1.54) is 0 Å². The summed E-state index contributed by atoms with van der Waals surface area (Å²) >= 11 is 4.08. The molecule has 0 saturated carbocycles. The Morgan fingerprint density at radius 2 is 0.929 bits per heavy atom. The number of rotatable bonds is 4. The second-order valence-corrected chi connectivity index (χ2v) is 8.68. The third kappa shape index (κ3) is 5.86. The van der Waals surface area contributed by atoms with Crippen LogP contribution in [0.2, 0.25) is 0 Å². The van der Waals surface area contributed by atoms with Crippen molar-refractivity contribution in [2.75, 3.05) is 0 Å². The molecular weight excluding hydrogens is 484 g/mol. The SMILES string of the molecule is O=S(=O)(NS(=O)(=O)C(F)(F)C(F)(F)F)C(F)(F)C(F)(F)F.Sc1ccccc1. The first-order valence-corrected chi connectivity index (χ1v) is 9.42. The lowest BCUT2D eigenvalue weighted by Gasteiger charge is -2.23. The Hall–Kier alpha value is -1.27. The van der Waals surface area contributed by atoms with E-state index in [4.69, 9.17) is 0 Å². The van der Waals surface area contributed by atoms with E-state index >= 15 is 0 Å². The van der Waals surface area contributed by atoms with Gasteiger partial charge in [-0.05, 0) is 12.1 Å². The molecule has 0 bridgehead atoms. The van der Waals surface area contributed by atoms with Gasteiger partial charge in [0.25, 0.3) is 20.0 Å². The maximum absolute atomic E-state index is 12.4. The second kappa shape index (κ2) is 8.23. The molecule has 5 nitrogen and oxygen atoms in total. The van der Waals surface area contributed by atoms with Crippen molar-refractivity contribution in [2.45, 2.75) is 27.8 Å². The quantitative estimate of drug-likeness (QED) is 0.499. The van der Waals surface area contributed by atoms with Gasteiger partial charge in [-0.1, -0.05) is 22.3 Å². The van der Waals surface area contributed by atoms with E-state index in [0.29, 0.717) is 0 Å². The van der Waals surface area contributed by atoms with Gasteiger partial charge >= 0.3 is 22.9 Å². The van der Waals surface area contributed by atoms with Crippen LogP contribution in [0.4, 0.5) is 43.9 Å². The average molecular weight is 491 g/mol. The number of alkyl halides is 10. The number of sulfonamides is 2. The van der Waals surface area contributed by atoms with Crippen molar-refractivity contribution in [1.82, 2.24) is 4.13 Å². The molecule has 0 saturated heterocycles. The Morgan fingerprint density at radius 1 is 0.643 bits per heavy atom. The molecule has 0 aliphatic rings. The van der Waals surface area contributed by atoms with Crippen LogP contribution in [0.15, 0.2) is 35.2 Å². The van der Waals surface area contributed by atoms with Crippen LogP contribution in [0.5, 0.6) is 0 Å². The van der Waals surface area contributed by atoms with E-state index in [1.54, 1.807) is 0 Å². The number of benzene rings is 1. The predicted octanol–water partition coefficient (Wildman–Crippen LogP) is 3.52. The van der Waals surface area contributed by atoms with Gasteiger partial charge in [-0.15, -0.1) is 12.6 Å². The smallest absolute Gasteiger partial charge is 0.205 e. The first-order valence-electron chi connectivity index (χ1n) is 6.01. The standard InChI is InChI=1S/C6H6S.C4HF10NO4S2/c7-6-4-2-1-3-5-6;5-1(6,7)3(11,12)20(16,17)15-21(18,19)4(13,14)2(8,9)10/h1-5,7H;15H. The molecule has 0 aliphatic carbocycles. The lowest BCUT2D eigenvalue weighted by molar-refractivity contribution is -0.242. The summed E-state index contributed by atoms with van der Waals surface area (Å²) in [5.41, 5.74) is 0. The molecule has 28 heavy (non-hydrogen) atoms. The Labute approximate surface area is 156 Å². The lowest BCUT2D eigenvalue weighted by Crippen LogP contribution is -2.57. The Bertz CT molecular complexity index is 809. The molecule has 18 heteroatoms. The summed E-state index contributed by atoms with van der Waals surface area (Å²) in [7, 11) is -15.0. The van der Waals surface area contributed by atoms with Crippen molar-refractivity contribution >= 4 is 32.7 Å². The molecule has 1 aromatic rings. The molecule has 0 radical (unpaired) electrons. The molecule has 0 spiro atoms. The number of thiol groups is 1. The van der Waals surface area contributed by atoms with Gasteiger partial charge in [0.2, 0.25) is 0 Å². The lowest BCUT2D eigenvalue weighted by atomic mass is 10.4. The Balaban J connectivity index is 0.000000861. The average Bonchev–Trinajstić information content (AvgIpc) is 2.44. The molecule has 164 valence electrons. The molecule has 1 rings (SSSR count). The monoisotopic (exact) mass is 491 g/mol. The second-order valence-electron chi connectivity index (χ2n) is 4.45. The first-order chi connectivity index (χ1) is 12.1. The summed E-state index contributed by atoms with van der Waals surface area (Å²) in [5, 5.41) is -13.9. The third-order valence-corrected chi connectivity index (χ3v) is 6.18. The van der Waals surface area contributed by atoms with Crippen molar-refractivity contribution in [2.24, 2.45) is 0 Å². The Morgan fingerprint density at radius 3 is 1.11 bits per heavy atom. The summed E-state index contributed by atoms with van der Waals surface area (Å²) < 4.78 is 160. The molecule has 0 heterocycles. The largest absolute Gasteiger partial charge is 0.471 e. The topological polar surface area (TPSA) is 80.3 Å². The van der Waals surface area contributed by atoms with Gasteiger partial charge in [0.05, 0.1) is 0 Å². The van der Waals surface area contributed by atoms with Gasteiger partial charge in [-0.3, -0.25) is 0 Å². The number of hydrogen-bond donors (Lipinski definition) is 2. The minimum absolute atomic E-state index is 0.969. The van der Waals surface area contributed by atoms with Gasteiger partial charge in [0.15, 0.2) is 0 Å². The summed E-state index contributed by atoms with van der Waals surface area (Å²) in [6.07, 6.45) is -13.9. The summed E-state index contributed by atoms with van der Waals surface area (Å²) in [5.74, 6) is 0. The third-order valence-electron chi connectivity index (χ3n) is 2.31. The maximum Gasteiger partial charge on any atom is 0.471 e. The van der Waals surface area contributed by atoms with Crippen molar-refractivity contribution in [3.05, 3.63) is 30.3 Å². The van der Waals surface area contributed by atoms with Crippen LogP contribution in [0.25, 0.3) is 0 Å². The van der Waals surface area contributed by atoms with Crippen molar-refractivity contribution in [3.8, 4) is 0 Å². The zero-order chi connectivity index (χ0) is 22.8. The van der Waals surface area contributed by atoms with E-state index < -0.39 is 47.0 Å². The van der Waals surface area contributed by atoms with E-state index in [9.17, 15) is 60.7 Å². The highest BCUT2D eigenvalue weighted by Crippen LogP contribution is 2.43. The van der Waals surface area contributed by atoms with Crippen LogP contribution in [0.3, 0.4) is 0 Å². The van der Waals surface area contributed by atoms with E-state index in [-0.39, 0.29) is 0 Å². The number of hydrogen-bond acceptors (Lipinski definition) is 5. The highest BCUT2D eigenvalue weighted by Gasteiger charge is 2.73. The van der Waals surface area contributed by atoms with Gasteiger partial charge < -0.3 is 0 Å². The van der Waals surface area contributed by atoms with E-state index in [1.807, 2.05) is 30.3 Å². The summed E-state index contributed by atoms with van der Waals surface area (Å²) in [4.78, 5) is 1.02. The summed E-state index contributed by atoms with van der Waals surface area (Å²) in [6.45, 7) is 0. The highest BCUT2D eigenvalue weighted by atomic mass is 32.3. The van der Waals surface area contributed by atoms with Gasteiger partial charge in [-0.25, -0.2) is 16.8 Å². The van der Waals surface area contributed by atoms with Crippen LogP contribution in [-0.4, -0.2) is 39.7 Å². The van der Waals surface area contributed by atoms with Crippen LogP contribution in [0, 0.1) is 0 Å². The maximum atomic E-state index is 12.4. The van der Waals surface area contributed by atoms with Crippen LogP contribution < -0.4 is 4.13 Å². The fraction of sp³-hybridized carbons (Fsp3) is 0.400. The predicted molar refractivity (Wildman–Crippen MR) is 76.7 cm³/mol. The van der Waals surface area contributed by atoms with Gasteiger partial charge in [0.1, 0.15) is 0 Å². The molecule has 0 unspecified atom stereocenters. The van der Waals surface area contributed by atoms with Crippen molar-refractivity contribution in [1.29, 1.82) is 0 Å². The number of nitrogens with one attached hydrogen (secondary N) is 1. The van der Waals surface area contributed by atoms with Gasteiger partial charge in [0, 0.05) is 4.90 Å².